The second-order valence-electron chi connectivity index (χ2n) is 8.41. The van der Waals surface area contributed by atoms with E-state index < -0.39 is 47.7 Å². The Morgan fingerprint density at radius 1 is 1.29 bits per heavy atom. The highest BCUT2D eigenvalue weighted by Crippen LogP contribution is 2.27. The molecular weight excluding hydrogens is 511 g/mol. The van der Waals surface area contributed by atoms with Crippen molar-refractivity contribution in [1.29, 1.82) is 0 Å². The Hall–Kier alpha value is -4.50. The Balaban J connectivity index is 1.75. The van der Waals surface area contributed by atoms with Crippen molar-refractivity contribution in [3.63, 3.8) is 0 Å². The Morgan fingerprint density at radius 2 is 2.05 bits per heavy atom. The number of carbonyl (C=O) groups is 2. The number of guanidine groups is 1. The zero-order chi connectivity index (χ0) is 27.9. The van der Waals surface area contributed by atoms with Crippen LogP contribution >= 0.6 is 0 Å². The van der Waals surface area contributed by atoms with Crippen LogP contribution in [0.15, 0.2) is 39.1 Å². The number of alkyl halides is 3. The van der Waals surface area contributed by atoms with Gasteiger partial charge in [0, 0.05) is 30.2 Å². The number of amides is 1. The minimum Gasteiger partial charge on any atom is -0.370 e. The SMILES string of the molecule is Cc1cc(CCc2cnc[nH]2)c(=O)n(CC(=O)N[C@@H](CCCN=C(N)N)C(=O)c2noc(C(F)(F)F)n2)c1. The van der Waals surface area contributed by atoms with E-state index in [2.05, 4.69) is 34.9 Å². The van der Waals surface area contributed by atoms with Crippen LogP contribution in [0.25, 0.3) is 0 Å². The fraction of sp³-hybridized carbons (Fsp3) is 0.409. The topological polar surface area (TPSA) is 200 Å². The molecule has 0 spiro atoms. The van der Waals surface area contributed by atoms with Crippen molar-refractivity contribution < 1.29 is 27.3 Å². The summed E-state index contributed by atoms with van der Waals surface area (Å²) in [5.74, 6) is -4.46. The van der Waals surface area contributed by atoms with E-state index in [1.54, 1.807) is 19.2 Å². The Kier molecular flexibility index (Phi) is 8.98. The quantitative estimate of drug-likeness (QED) is 0.110. The van der Waals surface area contributed by atoms with Gasteiger partial charge in [0.05, 0.1) is 12.4 Å². The summed E-state index contributed by atoms with van der Waals surface area (Å²) in [6, 6.07) is 0.396. The third-order valence-corrected chi connectivity index (χ3v) is 5.32. The summed E-state index contributed by atoms with van der Waals surface area (Å²) in [5, 5.41) is 5.54. The number of nitrogens with one attached hydrogen (secondary N) is 2. The monoisotopic (exact) mass is 537 g/mol. The van der Waals surface area contributed by atoms with Crippen LogP contribution < -0.4 is 22.3 Å². The van der Waals surface area contributed by atoms with Gasteiger partial charge in [-0.3, -0.25) is 19.4 Å². The smallest absolute Gasteiger partial charge is 0.370 e. The van der Waals surface area contributed by atoms with Crippen LogP contribution in [-0.4, -0.2) is 54.9 Å². The summed E-state index contributed by atoms with van der Waals surface area (Å²) < 4.78 is 43.8. The predicted molar refractivity (Wildman–Crippen MR) is 127 cm³/mol. The number of hydrogen-bond acceptors (Lipinski definition) is 8. The summed E-state index contributed by atoms with van der Waals surface area (Å²) in [4.78, 5) is 52.4. The lowest BCUT2D eigenvalue weighted by Gasteiger charge is -2.17. The van der Waals surface area contributed by atoms with Crippen LogP contribution in [0.1, 0.15) is 46.2 Å². The fourth-order valence-electron chi connectivity index (χ4n) is 3.61. The molecule has 13 nitrogen and oxygen atoms in total. The molecule has 0 aromatic carbocycles. The number of nitrogens with zero attached hydrogens (tertiary/aromatic N) is 5. The van der Waals surface area contributed by atoms with Crippen molar-refractivity contribution >= 4 is 17.6 Å². The highest BCUT2D eigenvalue weighted by molar-refractivity contribution is 5.99. The van der Waals surface area contributed by atoms with E-state index in [0.717, 1.165) is 11.3 Å². The largest absolute Gasteiger partial charge is 0.471 e. The minimum absolute atomic E-state index is 0.0462. The standard InChI is InChI=1S/C22H26F3N9O4/c1-12-7-13(4-5-14-8-28-11-30-14)19(37)34(9-12)10-16(35)31-15(3-2-6-29-21(26)27)17(36)18-32-20(38-33-18)22(23,24)25/h7-9,11,15H,2-6,10H2,1H3,(H,28,30)(H,31,35)(H4,26,27,29)/t15-/m0/s1. The summed E-state index contributed by atoms with van der Waals surface area (Å²) in [7, 11) is 0. The number of imidazole rings is 1. The first kappa shape index (κ1) is 28.1. The number of aromatic nitrogens is 5. The van der Waals surface area contributed by atoms with Crippen LogP contribution in [0.2, 0.25) is 0 Å². The van der Waals surface area contributed by atoms with E-state index in [0.29, 0.717) is 18.4 Å². The minimum atomic E-state index is -4.95. The van der Waals surface area contributed by atoms with Gasteiger partial charge in [-0.05, 0) is 44.2 Å². The molecule has 38 heavy (non-hydrogen) atoms. The molecular formula is C22H26F3N9O4. The molecule has 0 aliphatic carbocycles. The van der Waals surface area contributed by atoms with E-state index in [4.69, 9.17) is 11.5 Å². The molecule has 3 heterocycles. The first-order valence-electron chi connectivity index (χ1n) is 11.4. The molecule has 3 aromatic rings. The van der Waals surface area contributed by atoms with Gasteiger partial charge in [0.15, 0.2) is 5.96 Å². The third kappa shape index (κ3) is 7.75. The third-order valence-electron chi connectivity index (χ3n) is 5.32. The number of aromatic amines is 1. The van der Waals surface area contributed by atoms with Crippen molar-refractivity contribution in [2.45, 2.75) is 51.4 Å². The summed E-state index contributed by atoms with van der Waals surface area (Å²) in [5.41, 5.74) is 12.2. The van der Waals surface area contributed by atoms with Crippen LogP contribution in [0, 0.1) is 6.92 Å². The highest BCUT2D eigenvalue weighted by atomic mass is 19.4. The Morgan fingerprint density at radius 3 is 2.68 bits per heavy atom. The zero-order valence-electron chi connectivity index (χ0n) is 20.3. The lowest BCUT2D eigenvalue weighted by Crippen LogP contribution is -2.44. The molecule has 0 saturated carbocycles. The van der Waals surface area contributed by atoms with Gasteiger partial charge in [-0.2, -0.15) is 18.2 Å². The second-order valence-corrected chi connectivity index (χ2v) is 8.41. The van der Waals surface area contributed by atoms with Gasteiger partial charge in [0.1, 0.15) is 6.54 Å². The number of aryl methyl sites for hydroxylation is 3. The molecule has 1 amide bonds. The molecule has 0 bridgehead atoms. The van der Waals surface area contributed by atoms with E-state index in [1.165, 1.54) is 17.1 Å². The van der Waals surface area contributed by atoms with Gasteiger partial charge < -0.3 is 30.9 Å². The van der Waals surface area contributed by atoms with E-state index in [1.807, 2.05) is 0 Å². The van der Waals surface area contributed by atoms with Crippen molar-refractivity contribution in [2.75, 3.05) is 6.54 Å². The summed E-state index contributed by atoms with van der Waals surface area (Å²) >= 11 is 0. The second kappa shape index (κ2) is 12.2. The number of ketones is 1. The normalized spacial score (nSPS) is 12.2. The van der Waals surface area contributed by atoms with E-state index in [-0.39, 0.29) is 25.3 Å². The van der Waals surface area contributed by atoms with Gasteiger partial charge in [0.2, 0.25) is 17.5 Å². The van der Waals surface area contributed by atoms with Crippen LogP contribution in [-0.2, 0) is 30.4 Å². The molecule has 204 valence electrons. The number of rotatable bonds is 12. The molecule has 3 rings (SSSR count). The van der Waals surface area contributed by atoms with Gasteiger partial charge in [-0.25, -0.2) is 4.98 Å². The van der Waals surface area contributed by atoms with Crippen LogP contribution in [0.4, 0.5) is 13.2 Å². The first-order chi connectivity index (χ1) is 17.9. The molecule has 1 atom stereocenters. The molecule has 16 heteroatoms. The van der Waals surface area contributed by atoms with Crippen molar-refractivity contribution in [3.05, 3.63) is 63.7 Å². The maximum atomic E-state index is 12.9. The highest BCUT2D eigenvalue weighted by Gasteiger charge is 2.40. The number of pyridine rings is 1. The van der Waals surface area contributed by atoms with Crippen molar-refractivity contribution in [2.24, 2.45) is 16.5 Å². The van der Waals surface area contributed by atoms with Crippen molar-refractivity contribution in [3.8, 4) is 0 Å². The van der Waals surface area contributed by atoms with Crippen LogP contribution in [0.5, 0.6) is 0 Å². The number of Topliss-reactive ketones (excluding diaryl/α,β-unsaturated/α-hetero) is 1. The number of aliphatic imine (C=N–C) groups is 1. The lowest BCUT2D eigenvalue weighted by atomic mass is 10.1. The number of halogens is 3. The number of carbonyl (C=O) groups excluding carboxylic acids is 2. The zero-order valence-corrected chi connectivity index (χ0v) is 20.3. The maximum Gasteiger partial charge on any atom is 0.471 e. The van der Waals surface area contributed by atoms with Gasteiger partial charge >= 0.3 is 12.1 Å². The van der Waals surface area contributed by atoms with Gasteiger partial charge in [-0.1, -0.05) is 5.16 Å². The average Bonchev–Trinajstić information content (AvgIpc) is 3.54. The van der Waals surface area contributed by atoms with E-state index in [9.17, 15) is 27.6 Å². The molecule has 0 radical (unpaired) electrons. The molecule has 6 N–H and O–H groups in total. The molecule has 0 saturated heterocycles. The Labute approximate surface area is 213 Å². The fourth-order valence-corrected chi connectivity index (χ4v) is 3.61. The number of nitrogens with two attached hydrogens (primary N) is 2. The maximum absolute atomic E-state index is 12.9. The number of hydrogen-bond donors (Lipinski definition) is 4. The van der Waals surface area contributed by atoms with E-state index >= 15 is 0 Å². The van der Waals surface area contributed by atoms with Crippen molar-refractivity contribution in [1.82, 2.24) is 30.0 Å². The number of H-pyrrole nitrogens is 1. The molecule has 0 fully saturated rings. The average molecular weight is 538 g/mol. The molecule has 0 unspecified atom stereocenters. The molecule has 3 aromatic heterocycles. The summed E-state index contributed by atoms with van der Waals surface area (Å²) in [6.45, 7) is 1.42. The van der Waals surface area contributed by atoms with Crippen LogP contribution in [0.3, 0.4) is 0 Å². The summed E-state index contributed by atoms with van der Waals surface area (Å²) in [6.07, 6.45) is 0.799. The Bertz CT molecular complexity index is 1340. The van der Waals surface area contributed by atoms with Gasteiger partial charge in [-0.15, -0.1) is 0 Å². The lowest BCUT2D eigenvalue weighted by molar-refractivity contribution is -0.159. The first-order valence-corrected chi connectivity index (χ1v) is 11.4. The predicted octanol–water partition coefficient (Wildman–Crippen LogP) is 0.488. The van der Waals surface area contributed by atoms with Gasteiger partial charge in [0.25, 0.3) is 5.56 Å². The molecule has 0 aliphatic rings. The molecule has 0 aliphatic heterocycles.